The van der Waals surface area contributed by atoms with Gasteiger partial charge in [-0.2, -0.15) is 0 Å². The molecule has 0 bridgehead atoms. The van der Waals surface area contributed by atoms with E-state index in [1.165, 1.54) is 6.42 Å². The second-order valence-electron chi connectivity index (χ2n) is 12.2. The van der Waals surface area contributed by atoms with Crippen molar-refractivity contribution in [2.75, 3.05) is 13.2 Å². The van der Waals surface area contributed by atoms with E-state index in [4.69, 9.17) is 18.9 Å². The molecule has 7 rings (SSSR count). The van der Waals surface area contributed by atoms with Crippen LogP contribution in [-0.2, 0) is 18.9 Å². The van der Waals surface area contributed by atoms with E-state index in [9.17, 15) is 4.79 Å². The first-order valence-corrected chi connectivity index (χ1v) is 13.1. The zero-order valence-electron chi connectivity index (χ0n) is 19.9. The Morgan fingerprint density at radius 1 is 0.970 bits per heavy atom. The third-order valence-corrected chi connectivity index (χ3v) is 11.1. The van der Waals surface area contributed by atoms with E-state index in [1.807, 2.05) is 30.3 Å². The minimum absolute atomic E-state index is 0.0191. The van der Waals surface area contributed by atoms with Crippen molar-refractivity contribution in [1.82, 2.24) is 0 Å². The summed E-state index contributed by atoms with van der Waals surface area (Å²) in [6.45, 7) is 6.34. The Balaban J connectivity index is 1.13. The van der Waals surface area contributed by atoms with Crippen LogP contribution in [0.25, 0.3) is 0 Å². The molecule has 0 N–H and O–H groups in total. The third-order valence-electron chi connectivity index (χ3n) is 11.1. The molecular formula is C28H36O5. The second-order valence-corrected chi connectivity index (χ2v) is 12.2. The molecule has 0 unspecified atom stereocenters. The lowest BCUT2D eigenvalue weighted by Gasteiger charge is -2.60. The Morgan fingerprint density at radius 2 is 1.76 bits per heavy atom. The number of rotatable bonds is 2. The number of fused-ring (bicyclic) bond motifs is 4. The first-order valence-electron chi connectivity index (χ1n) is 13.1. The molecule has 5 nitrogen and oxygen atoms in total. The second kappa shape index (κ2) is 6.83. The van der Waals surface area contributed by atoms with Gasteiger partial charge in [0.15, 0.2) is 5.79 Å². The van der Waals surface area contributed by atoms with Gasteiger partial charge >= 0.3 is 5.97 Å². The summed E-state index contributed by atoms with van der Waals surface area (Å²) in [7, 11) is 0. The third kappa shape index (κ3) is 2.73. The van der Waals surface area contributed by atoms with E-state index in [-0.39, 0.29) is 28.5 Å². The predicted molar refractivity (Wildman–Crippen MR) is 122 cm³/mol. The lowest BCUT2D eigenvalue weighted by Crippen LogP contribution is -2.61. The number of hydrogen-bond acceptors (Lipinski definition) is 5. The monoisotopic (exact) mass is 452 g/mol. The van der Waals surface area contributed by atoms with Gasteiger partial charge in [-0.25, -0.2) is 4.79 Å². The topological polar surface area (TPSA) is 57.3 Å². The molecule has 0 aromatic heterocycles. The van der Waals surface area contributed by atoms with Crippen LogP contribution in [0.15, 0.2) is 30.3 Å². The summed E-state index contributed by atoms with van der Waals surface area (Å²) < 4.78 is 25.1. The lowest BCUT2D eigenvalue weighted by molar-refractivity contribution is -0.227. The highest BCUT2D eigenvalue weighted by Crippen LogP contribution is 2.74. The largest absolute Gasteiger partial charge is 0.458 e. The Kier molecular flexibility index (Phi) is 4.32. The van der Waals surface area contributed by atoms with Gasteiger partial charge in [0.2, 0.25) is 0 Å². The van der Waals surface area contributed by atoms with Crippen LogP contribution in [0.5, 0.6) is 0 Å². The van der Waals surface area contributed by atoms with Gasteiger partial charge in [0.25, 0.3) is 0 Å². The molecule has 4 saturated carbocycles. The number of ether oxygens (including phenoxy) is 4. The fraction of sp³-hybridized carbons (Fsp3) is 0.750. The van der Waals surface area contributed by atoms with Crippen molar-refractivity contribution in [2.45, 2.75) is 88.8 Å². The first kappa shape index (κ1) is 20.9. The quantitative estimate of drug-likeness (QED) is 0.460. The Morgan fingerprint density at radius 3 is 2.55 bits per heavy atom. The van der Waals surface area contributed by atoms with Crippen LogP contribution in [0.3, 0.4) is 0 Å². The molecule has 1 aromatic carbocycles. The van der Waals surface area contributed by atoms with E-state index in [1.54, 1.807) is 0 Å². The molecule has 2 saturated heterocycles. The molecule has 33 heavy (non-hydrogen) atoms. The van der Waals surface area contributed by atoms with E-state index in [2.05, 4.69) is 13.8 Å². The summed E-state index contributed by atoms with van der Waals surface area (Å²) in [5.74, 6) is 1.39. The van der Waals surface area contributed by atoms with Gasteiger partial charge in [-0.1, -0.05) is 32.0 Å². The number of carbonyl (C=O) groups excluding carboxylic acids is 1. The molecular weight excluding hydrogens is 416 g/mol. The highest BCUT2D eigenvalue weighted by atomic mass is 16.7. The number of carbonyl (C=O) groups is 1. The molecule has 8 atom stereocenters. The molecule has 6 fully saturated rings. The van der Waals surface area contributed by atoms with Crippen molar-refractivity contribution in [2.24, 2.45) is 28.6 Å². The number of epoxide rings is 1. The number of esters is 1. The maximum absolute atomic E-state index is 12.9. The Bertz CT molecular complexity index is 956. The maximum Gasteiger partial charge on any atom is 0.338 e. The smallest absolute Gasteiger partial charge is 0.338 e. The van der Waals surface area contributed by atoms with E-state index < -0.39 is 5.79 Å². The molecule has 178 valence electrons. The van der Waals surface area contributed by atoms with Gasteiger partial charge in [-0.15, -0.1) is 0 Å². The van der Waals surface area contributed by atoms with Crippen LogP contribution in [-0.4, -0.2) is 42.8 Å². The fourth-order valence-corrected chi connectivity index (χ4v) is 9.28. The zero-order chi connectivity index (χ0) is 22.5. The van der Waals surface area contributed by atoms with Crippen molar-refractivity contribution in [3.05, 3.63) is 35.9 Å². The maximum atomic E-state index is 12.9. The normalized spacial score (nSPS) is 49.0. The van der Waals surface area contributed by atoms with Crippen molar-refractivity contribution >= 4 is 5.97 Å². The average molecular weight is 453 g/mol. The highest BCUT2D eigenvalue weighted by Gasteiger charge is 2.78. The van der Waals surface area contributed by atoms with Gasteiger partial charge in [-0.3, -0.25) is 0 Å². The molecule has 0 amide bonds. The standard InChI is InChI=1S/C28H36O5/c1-25-11-10-21-19(20(25)8-9-22(25)32-24(29)18-6-4-3-5-7-18)16-23-28(33-23)17-27(30-14-15-31-27)13-12-26(21,28)2/h3-7,19-23H,8-17H2,1-2H3/t19-,20-,21-,22+,23+,25-,26+,28+/m0/s1. The van der Waals surface area contributed by atoms with Gasteiger partial charge < -0.3 is 18.9 Å². The lowest BCUT2D eigenvalue weighted by atomic mass is 9.44. The van der Waals surface area contributed by atoms with E-state index in [0.717, 1.165) is 44.9 Å². The highest BCUT2D eigenvalue weighted by molar-refractivity contribution is 5.89. The van der Waals surface area contributed by atoms with Crippen LogP contribution in [0.4, 0.5) is 0 Å². The minimum atomic E-state index is -0.394. The van der Waals surface area contributed by atoms with Gasteiger partial charge in [0.1, 0.15) is 11.7 Å². The minimum Gasteiger partial charge on any atom is -0.458 e. The van der Waals surface area contributed by atoms with Crippen LogP contribution < -0.4 is 0 Å². The van der Waals surface area contributed by atoms with Crippen LogP contribution in [0, 0.1) is 28.6 Å². The summed E-state index contributed by atoms with van der Waals surface area (Å²) in [5, 5.41) is 0. The fourth-order valence-electron chi connectivity index (χ4n) is 9.28. The van der Waals surface area contributed by atoms with Crippen molar-refractivity contribution in [3.63, 3.8) is 0 Å². The van der Waals surface area contributed by atoms with Gasteiger partial charge in [0.05, 0.1) is 24.9 Å². The summed E-state index contributed by atoms with van der Waals surface area (Å²) in [6.07, 6.45) is 9.02. The molecule has 4 aliphatic carbocycles. The summed E-state index contributed by atoms with van der Waals surface area (Å²) >= 11 is 0. The van der Waals surface area contributed by atoms with Crippen LogP contribution >= 0.6 is 0 Å². The number of hydrogen-bond donors (Lipinski definition) is 0. The SMILES string of the molecule is C[C@]12CC[C@H]3[C@@H](C[C@H]4O[C@]45CC4(CC[C@]35C)OCCO4)[C@@H]1CC[C@H]2OC(=O)c1ccccc1. The summed E-state index contributed by atoms with van der Waals surface area (Å²) in [4.78, 5) is 12.9. The van der Waals surface area contributed by atoms with Crippen LogP contribution in [0.1, 0.15) is 75.6 Å². The average Bonchev–Trinajstić information content (AvgIpc) is 3.15. The first-order chi connectivity index (χ1) is 15.9. The predicted octanol–water partition coefficient (Wildman–Crippen LogP) is 5.13. The molecule has 2 aliphatic heterocycles. The molecule has 1 aromatic rings. The Hall–Kier alpha value is -1.43. The van der Waals surface area contributed by atoms with Crippen molar-refractivity contribution in [1.29, 1.82) is 0 Å². The summed E-state index contributed by atoms with van der Waals surface area (Å²) in [5.41, 5.74) is 0.876. The van der Waals surface area contributed by atoms with Gasteiger partial charge in [-0.05, 0) is 68.4 Å². The molecule has 5 heteroatoms. The molecule has 6 aliphatic rings. The molecule has 0 radical (unpaired) electrons. The van der Waals surface area contributed by atoms with Crippen LogP contribution in [0.2, 0.25) is 0 Å². The Labute approximate surface area is 196 Å². The van der Waals surface area contributed by atoms with E-state index in [0.29, 0.717) is 42.6 Å². The van der Waals surface area contributed by atoms with Crippen molar-refractivity contribution in [3.8, 4) is 0 Å². The molecule has 2 spiro atoms. The van der Waals surface area contributed by atoms with E-state index >= 15 is 0 Å². The summed E-state index contributed by atoms with van der Waals surface area (Å²) in [6, 6.07) is 9.46. The number of benzene rings is 1. The molecule has 2 heterocycles. The van der Waals surface area contributed by atoms with Gasteiger partial charge in [0, 0.05) is 23.7 Å². The van der Waals surface area contributed by atoms with Crippen molar-refractivity contribution < 1.29 is 23.7 Å². The zero-order valence-corrected chi connectivity index (χ0v) is 19.9.